The Labute approximate surface area is 72.7 Å². The van der Waals surface area contributed by atoms with E-state index in [9.17, 15) is 0 Å². The molecule has 0 saturated heterocycles. The molecule has 0 saturated carbocycles. The smallest absolute Gasteiger partial charge is 0.0558 e. The lowest BCUT2D eigenvalue weighted by atomic mass is 10.3. The fraction of sp³-hybridized carbons (Fsp3) is 0.444. The Morgan fingerprint density at radius 2 is 2.33 bits per heavy atom. The second-order valence-electron chi connectivity index (χ2n) is 2.78. The predicted octanol–water partition coefficient (Wildman–Crippen LogP) is 0.506. The molecule has 0 spiro atoms. The van der Waals surface area contributed by atoms with E-state index < -0.39 is 0 Å². The van der Waals surface area contributed by atoms with Crippen LogP contribution in [0.2, 0.25) is 0 Å². The minimum atomic E-state index is 0.198. The zero-order valence-electron chi connectivity index (χ0n) is 7.27. The van der Waals surface area contributed by atoms with Gasteiger partial charge in [0.1, 0.15) is 0 Å². The van der Waals surface area contributed by atoms with Crippen LogP contribution >= 0.6 is 0 Å². The minimum Gasteiger partial charge on any atom is -0.395 e. The number of pyridine rings is 1. The average molecular weight is 166 g/mol. The summed E-state index contributed by atoms with van der Waals surface area (Å²) in [7, 11) is 1.96. The van der Waals surface area contributed by atoms with Gasteiger partial charge in [0.2, 0.25) is 0 Å². The number of rotatable bonds is 4. The number of aliphatic hydroxyl groups is 1. The summed E-state index contributed by atoms with van der Waals surface area (Å²) in [6.45, 7) is 1.68. The molecule has 0 bridgehead atoms. The molecule has 1 rings (SSSR count). The summed E-state index contributed by atoms with van der Waals surface area (Å²) in [5, 5.41) is 8.65. The zero-order chi connectivity index (χ0) is 8.81. The van der Waals surface area contributed by atoms with Crippen molar-refractivity contribution < 1.29 is 5.11 Å². The first kappa shape index (κ1) is 9.16. The predicted molar refractivity (Wildman–Crippen MR) is 47.7 cm³/mol. The Morgan fingerprint density at radius 3 is 2.92 bits per heavy atom. The van der Waals surface area contributed by atoms with Crippen LogP contribution in [0.25, 0.3) is 0 Å². The van der Waals surface area contributed by atoms with Crippen molar-refractivity contribution in [3.05, 3.63) is 30.1 Å². The van der Waals surface area contributed by atoms with Crippen LogP contribution in [0.5, 0.6) is 0 Å². The van der Waals surface area contributed by atoms with Crippen molar-refractivity contribution in [2.75, 3.05) is 20.2 Å². The van der Waals surface area contributed by atoms with Crippen LogP contribution in [-0.4, -0.2) is 35.2 Å². The molecular formula is C9H14N2O. The highest BCUT2D eigenvalue weighted by Gasteiger charge is 1.98. The Bertz CT molecular complexity index is 213. The third-order valence-electron chi connectivity index (χ3n) is 1.64. The molecule has 12 heavy (non-hydrogen) atoms. The number of hydrogen-bond donors (Lipinski definition) is 1. The molecule has 1 heterocycles. The van der Waals surface area contributed by atoms with Crippen LogP contribution in [0.15, 0.2) is 24.4 Å². The van der Waals surface area contributed by atoms with E-state index in [4.69, 9.17) is 5.11 Å². The lowest BCUT2D eigenvalue weighted by molar-refractivity contribution is 0.216. The highest BCUT2D eigenvalue weighted by molar-refractivity contribution is 5.02. The van der Waals surface area contributed by atoms with Crippen LogP contribution < -0.4 is 0 Å². The van der Waals surface area contributed by atoms with Crippen LogP contribution in [0.4, 0.5) is 0 Å². The maximum Gasteiger partial charge on any atom is 0.0558 e. The molecule has 1 aromatic heterocycles. The molecule has 1 aromatic rings. The average Bonchev–Trinajstić information content (AvgIpc) is 2.06. The van der Waals surface area contributed by atoms with E-state index >= 15 is 0 Å². The Balaban J connectivity index is 2.41. The van der Waals surface area contributed by atoms with E-state index in [2.05, 4.69) is 4.98 Å². The quantitative estimate of drug-likeness (QED) is 0.708. The van der Waals surface area contributed by atoms with Gasteiger partial charge in [-0.05, 0) is 19.2 Å². The Morgan fingerprint density at radius 1 is 1.50 bits per heavy atom. The minimum absolute atomic E-state index is 0.198. The molecule has 0 aliphatic heterocycles. The van der Waals surface area contributed by atoms with Gasteiger partial charge >= 0.3 is 0 Å². The summed E-state index contributed by atoms with van der Waals surface area (Å²) in [5.74, 6) is 0. The highest BCUT2D eigenvalue weighted by atomic mass is 16.3. The fourth-order valence-corrected chi connectivity index (χ4v) is 1.02. The van der Waals surface area contributed by atoms with Gasteiger partial charge in [-0.1, -0.05) is 6.07 Å². The molecule has 0 fully saturated rings. The van der Waals surface area contributed by atoms with Crippen molar-refractivity contribution in [1.29, 1.82) is 0 Å². The summed E-state index contributed by atoms with van der Waals surface area (Å²) in [6, 6.07) is 5.85. The van der Waals surface area contributed by atoms with Gasteiger partial charge in [0.25, 0.3) is 0 Å². The molecule has 0 aromatic carbocycles. The summed E-state index contributed by atoms with van der Waals surface area (Å²) in [4.78, 5) is 6.21. The molecule has 0 unspecified atom stereocenters. The lowest BCUT2D eigenvalue weighted by Crippen LogP contribution is -2.21. The first-order valence-corrected chi connectivity index (χ1v) is 4.02. The number of likely N-dealkylation sites (N-methyl/N-ethyl adjacent to an activating group) is 1. The first-order valence-electron chi connectivity index (χ1n) is 4.02. The molecule has 0 radical (unpaired) electrons. The van der Waals surface area contributed by atoms with Crippen LogP contribution in [0.3, 0.4) is 0 Å². The van der Waals surface area contributed by atoms with Gasteiger partial charge in [0, 0.05) is 19.3 Å². The molecule has 66 valence electrons. The van der Waals surface area contributed by atoms with Crippen molar-refractivity contribution in [2.24, 2.45) is 0 Å². The van der Waals surface area contributed by atoms with E-state index in [-0.39, 0.29) is 6.61 Å². The molecule has 1 N–H and O–H groups in total. The van der Waals surface area contributed by atoms with Crippen LogP contribution in [0, 0.1) is 0 Å². The topological polar surface area (TPSA) is 36.4 Å². The molecule has 0 aliphatic carbocycles. The number of hydrogen-bond acceptors (Lipinski definition) is 3. The number of aromatic nitrogens is 1. The van der Waals surface area contributed by atoms with Crippen molar-refractivity contribution in [1.82, 2.24) is 9.88 Å². The monoisotopic (exact) mass is 166 g/mol. The van der Waals surface area contributed by atoms with Gasteiger partial charge in [-0.25, -0.2) is 0 Å². The van der Waals surface area contributed by atoms with Gasteiger partial charge in [0.15, 0.2) is 0 Å². The lowest BCUT2D eigenvalue weighted by Gasteiger charge is -2.13. The van der Waals surface area contributed by atoms with E-state index in [1.54, 1.807) is 6.20 Å². The Kier molecular flexibility index (Phi) is 3.70. The summed E-state index contributed by atoms with van der Waals surface area (Å²) in [5.41, 5.74) is 1.04. The van der Waals surface area contributed by atoms with E-state index in [1.807, 2.05) is 30.1 Å². The zero-order valence-corrected chi connectivity index (χ0v) is 7.27. The molecule has 3 heteroatoms. The van der Waals surface area contributed by atoms with Crippen molar-refractivity contribution in [3.63, 3.8) is 0 Å². The van der Waals surface area contributed by atoms with Gasteiger partial charge in [0.05, 0.1) is 12.3 Å². The van der Waals surface area contributed by atoms with E-state index in [1.165, 1.54) is 0 Å². The molecule has 0 atom stereocenters. The molecule has 3 nitrogen and oxygen atoms in total. The first-order chi connectivity index (χ1) is 5.83. The Hall–Kier alpha value is -0.930. The third kappa shape index (κ3) is 2.98. The van der Waals surface area contributed by atoms with Gasteiger partial charge in [-0.3, -0.25) is 9.88 Å². The fourth-order valence-electron chi connectivity index (χ4n) is 1.02. The summed E-state index contributed by atoms with van der Waals surface area (Å²) >= 11 is 0. The second kappa shape index (κ2) is 4.85. The van der Waals surface area contributed by atoms with Gasteiger partial charge in [-0.2, -0.15) is 0 Å². The standard InChI is InChI=1S/C9H14N2O/c1-11(6-7-12)8-9-4-2-3-5-10-9/h2-5,12H,6-8H2,1H3. The van der Waals surface area contributed by atoms with Gasteiger partial charge in [-0.15, -0.1) is 0 Å². The number of nitrogens with zero attached hydrogens (tertiary/aromatic N) is 2. The maximum absolute atomic E-state index is 8.65. The highest BCUT2D eigenvalue weighted by Crippen LogP contribution is 1.97. The van der Waals surface area contributed by atoms with Crippen molar-refractivity contribution >= 4 is 0 Å². The summed E-state index contributed by atoms with van der Waals surface area (Å²) < 4.78 is 0. The normalized spacial score (nSPS) is 10.6. The largest absolute Gasteiger partial charge is 0.395 e. The van der Waals surface area contributed by atoms with E-state index in [0.717, 1.165) is 12.2 Å². The second-order valence-corrected chi connectivity index (χ2v) is 2.78. The SMILES string of the molecule is CN(CCO)Cc1ccccn1. The summed E-state index contributed by atoms with van der Waals surface area (Å²) in [6.07, 6.45) is 1.78. The molecule has 0 aliphatic rings. The van der Waals surface area contributed by atoms with E-state index in [0.29, 0.717) is 6.54 Å². The number of aliphatic hydroxyl groups excluding tert-OH is 1. The van der Waals surface area contributed by atoms with Crippen molar-refractivity contribution in [2.45, 2.75) is 6.54 Å². The maximum atomic E-state index is 8.65. The van der Waals surface area contributed by atoms with Crippen LogP contribution in [-0.2, 0) is 6.54 Å². The van der Waals surface area contributed by atoms with Crippen molar-refractivity contribution in [3.8, 4) is 0 Å². The van der Waals surface area contributed by atoms with Gasteiger partial charge < -0.3 is 5.11 Å². The van der Waals surface area contributed by atoms with Crippen LogP contribution in [0.1, 0.15) is 5.69 Å². The third-order valence-corrected chi connectivity index (χ3v) is 1.64. The molecule has 0 amide bonds. The molecular weight excluding hydrogens is 152 g/mol.